The number of aromatic nitrogens is 3. The largest absolute Gasteiger partial charge is 0.334 e. The minimum atomic E-state index is -0.313. The number of nitrogens with two attached hydrogens (primary N) is 1. The fourth-order valence-corrected chi connectivity index (χ4v) is 1.68. The van der Waals surface area contributed by atoms with Crippen molar-refractivity contribution in [2.45, 2.75) is 19.5 Å². The topological polar surface area (TPSA) is 56.7 Å². The zero-order chi connectivity index (χ0) is 11.5. The Morgan fingerprint density at radius 2 is 2.25 bits per heavy atom. The van der Waals surface area contributed by atoms with Gasteiger partial charge in [0.15, 0.2) is 0 Å². The van der Waals surface area contributed by atoms with E-state index in [1.54, 1.807) is 18.5 Å². The Morgan fingerprint density at radius 1 is 1.44 bits per heavy atom. The standard InChI is InChI=1S/C11H13ClN4/c1-2-16-6-5-14-11(16)10(13)9-4-3-8(12)7-15-9/h3-7,10H,2,13H2,1H3. The van der Waals surface area contributed by atoms with Crippen LogP contribution in [0, 0.1) is 0 Å². The first-order valence-electron chi connectivity index (χ1n) is 5.10. The van der Waals surface area contributed by atoms with Gasteiger partial charge in [-0.05, 0) is 19.1 Å². The summed E-state index contributed by atoms with van der Waals surface area (Å²) in [5.41, 5.74) is 6.87. The Kier molecular flexibility index (Phi) is 3.22. The number of nitrogens with zero attached hydrogens (tertiary/aromatic N) is 3. The lowest BCUT2D eigenvalue weighted by Crippen LogP contribution is -2.18. The predicted octanol–water partition coefficient (Wildman–Crippen LogP) is 2.00. The zero-order valence-corrected chi connectivity index (χ0v) is 9.72. The number of imidazole rings is 1. The van der Waals surface area contributed by atoms with Gasteiger partial charge in [0.05, 0.1) is 10.7 Å². The predicted molar refractivity (Wildman–Crippen MR) is 63.2 cm³/mol. The summed E-state index contributed by atoms with van der Waals surface area (Å²) in [4.78, 5) is 8.45. The monoisotopic (exact) mass is 236 g/mol. The number of hydrogen-bond donors (Lipinski definition) is 1. The molecule has 1 unspecified atom stereocenters. The van der Waals surface area contributed by atoms with Gasteiger partial charge in [-0.25, -0.2) is 4.98 Å². The minimum absolute atomic E-state index is 0.313. The van der Waals surface area contributed by atoms with E-state index >= 15 is 0 Å². The summed E-state index contributed by atoms with van der Waals surface area (Å²) in [6.45, 7) is 2.89. The molecule has 0 aliphatic carbocycles. The maximum absolute atomic E-state index is 6.10. The van der Waals surface area contributed by atoms with Crippen LogP contribution in [0.3, 0.4) is 0 Å². The summed E-state index contributed by atoms with van der Waals surface area (Å²) in [6, 6.07) is 3.29. The molecule has 0 radical (unpaired) electrons. The van der Waals surface area contributed by atoms with Gasteiger partial charge in [-0.3, -0.25) is 4.98 Å². The fourth-order valence-electron chi connectivity index (χ4n) is 1.57. The smallest absolute Gasteiger partial charge is 0.131 e. The second-order valence-electron chi connectivity index (χ2n) is 3.45. The van der Waals surface area contributed by atoms with E-state index in [2.05, 4.69) is 9.97 Å². The van der Waals surface area contributed by atoms with E-state index < -0.39 is 0 Å². The van der Waals surface area contributed by atoms with Crippen LogP contribution in [0.15, 0.2) is 30.7 Å². The first-order valence-corrected chi connectivity index (χ1v) is 5.48. The van der Waals surface area contributed by atoms with Gasteiger partial charge in [0.1, 0.15) is 11.9 Å². The van der Waals surface area contributed by atoms with Crippen LogP contribution in [-0.4, -0.2) is 14.5 Å². The molecule has 4 nitrogen and oxygen atoms in total. The summed E-state index contributed by atoms with van der Waals surface area (Å²) in [6.07, 6.45) is 5.25. The Hall–Kier alpha value is -1.39. The molecule has 2 rings (SSSR count). The molecule has 2 N–H and O–H groups in total. The normalized spacial score (nSPS) is 12.7. The number of pyridine rings is 1. The third kappa shape index (κ3) is 2.08. The highest BCUT2D eigenvalue weighted by molar-refractivity contribution is 6.30. The second kappa shape index (κ2) is 4.63. The minimum Gasteiger partial charge on any atom is -0.334 e. The molecular weight excluding hydrogens is 224 g/mol. The molecule has 0 fully saturated rings. The molecule has 0 saturated carbocycles. The number of hydrogen-bond acceptors (Lipinski definition) is 3. The highest BCUT2D eigenvalue weighted by Gasteiger charge is 2.14. The number of aryl methyl sites for hydroxylation is 1. The van der Waals surface area contributed by atoms with Crippen molar-refractivity contribution in [3.8, 4) is 0 Å². The Labute approximate surface area is 99.1 Å². The van der Waals surface area contributed by atoms with Gasteiger partial charge in [0, 0.05) is 25.1 Å². The van der Waals surface area contributed by atoms with Crippen molar-refractivity contribution in [2.24, 2.45) is 5.73 Å². The maximum atomic E-state index is 6.10. The van der Waals surface area contributed by atoms with Crippen molar-refractivity contribution >= 4 is 11.6 Å². The van der Waals surface area contributed by atoms with Crippen LogP contribution >= 0.6 is 11.6 Å². The van der Waals surface area contributed by atoms with Crippen molar-refractivity contribution in [1.29, 1.82) is 0 Å². The van der Waals surface area contributed by atoms with Gasteiger partial charge in [0.25, 0.3) is 0 Å². The summed E-state index contributed by atoms with van der Waals surface area (Å²) in [5, 5.41) is 0.606. The Balaban J connectivity index is 2.31. The number of halogens is 1. The molecule has 0 saturated heterocycles. The molecule has 2 heterocycles. The lowest BCUT2D eigenvalue weighted by Gasteiger charge is -2.12. The SMILES string of the molecule is CCn1ccnc1C(N)c1ccc(Cl)cn1. The van der Waals surface area contributed by atoms with E-state index in [9.17, 15) is 0 Å². The molecule has 84 valence electrons. The maximum Gasteiger partial charge on any atom is 0.131 e. The van der Waals surface area contributed by atoms with Crippen molar-refractivity contribution in [2.75, 3.05) is 0 Å². The molecule has 0 aliphatic heterocycles. The van der Waals surface area contributed by atoms with Crippen LogP contribution < -0.4 is 5.73 Å². The van der Waals surface area contributed by atoms with Crippen molar-refractivity contribution in [3.63, 3.8) is 0 Å². The molecule has 1 atom stereocenters. The molecule has 16 heavy (non-hydrogen) atoms. The highest BCUT2D eigenvalue weighted by Crippen LogP contribution is 2.17. The molecule has 0 amide bonds. The highest BCUT2D eigenvalue weighted by atomic mass is 35.5. The third-order valence-corrected chi connectivity index (χ3v) is 2.66. The lowest BCUT2D eigenvalue weighted by molar-refractivity contribution is 0.647. The van der Waals surface area contributed by atoms with Gasteiger partial charge in [0.2, 0.25) is 0 Å². The summed E-state index contributed by atoms with van der Waals surface area (Å²) in [7, 11) is 0. The third-order valence-electron chi connectivity index (χ3n) is 2.44. The van der Waals surface area contributed by atoms with Gasteiger partial charge in [-0.15, -0.1) is 0 Å². The van der Waals surface area contributed by atoms with Crippen molar-refractivity contribution < 1.29 is 0 Å². The Morgan fingerprint density at radius 3 is 2.88 bits per heavy atom. The van der Waals surface area contributed by atoms with Crippen LogP contribution in [0.4, 0.5) is 0 Å². The number of rotatable bonds is 3. The second-order valence-corrected chi connectivity index (χ2v) is 3.89. The summed E-state index contributed by atoms with van der Waals surface area (Å²) >= 11 is 5.78. The molecule has 5 heteroatoms. The van der Waals surface area contributed by atoms with Gasteiger partial charge < -0.3 is 10.3 Å². The average molecular weight is 237 g/mol. The lowest BCUT2D eigenvalue weighted by atomic mass is 10.2. The van der Waals surface area contributed by atoms with Crippen LogP contribution in [0.1, 0.15) is 24.5 Å². The van der Waals surface area contributed by atoms with Crippen LogP contribution in [-0.2, 0) is 6.54 Å². The van der Waals surface area contributed by atoms with Crippen molar-refractivity contribution in [3.05, 3.63) is 47.3 Å². The van der Waals surface area contributed by atoms with Gasteiger partial charge >= 0.3 is 0 Å². The van der Waals surface area contributed by atoms with E-state index in [0.717, 1.165) is 18.1 Å². The molecule has 0 bridgehead atoms. The molecule has 0 aliphatic rings. The fraction of sp³-hybridized carbons (Fsp3) is 0.273. The Bertz CT molecular complexity index is 463. The quantitative estimate of drug-likeness (QED) is 0.887. The van der Waals surface area contributed by atoms with E-state index in [-0.39, 0.29) is 6.04 Å². The molecule has 2 aromatic rings. The molecule has 2 aromatic heterocycles. The zero-order valence-electron chi connectivity index (χ0n) is 8.97. The summed E-state index contributed by atoms with van der Waals surface area (Å²) in [5.74, 6) is 0.817. The summed E-state index contributed by atoms with van der Waals surface area (Å²) < 4.78 is 2.00. The molecule has 0 aromatic carbocycles. The molecule has 0 spiro atoms. The van der Waals surface area contributed by atoms with E-state index in [0.29, 0.717) is 5.02 Å². The van der Waals surface area contributed by atoms with Crippen molar-refractivity contribution in [1.82, 2.24) is 14.5 Å². The van der Waals surface area contributed by atoms with Gasteiger partial charge in [-0.2, -0.15) is 0 Å². The van der Waals surface area contributed by atoms with Crippen LogP contribution in [0.2, 0.25) is 5.02 Å². The molecular formula is C11H13ClN4. The van der Waals surface area contributed by atoms with Crippen LogP contribution in [0.5, 0.6) is 0 Å². The van der Waals surface area contributed by atoms with E-state index in [1.165, 1.54) is 0 Å². The average Bonchev–Trinajstić information content (AvgIpc) is 2.77. The first kappa shape index (κ1) is 11.1. The van der Waals surface area contributed by atoms with E-state index in [4.69, 9.17) is 17.3 Å². The van der Waals surface area contributed by atoms with E-state index in [1.807, 2.05) is 23.8 Å². The van der Waals surface area contributed by atoms with Crippen LogP contribution in [0.25, 0.3) is 0 Å². The van der Waals surface area contributed by atoms with Gasteiger partial charge in [-0.1, -0.05) is 11.6 Å². The first-order chi connectivity index (χ1) is 7.72.